The highest BCUT2D eigenvalue weighted by molar-refractivity contribution is 5.83. The molecule has 6 heteroatoms. The molecule has 1 aromatic heterocycles. The molecule has 0 spiro atoms. The second-order valence-electron chi connectivity index (χ2n) is 7.21. The number of carbonyl (C=O) groups is 1. The number of aromatic nitrogens is 2. The summed E-state index contributed by atoms with van der Waals surface area (Å²) in [6, 6.07) is 11.2. The molecule has 25 heavy (non-hydrogen) atoms. The van der Waals surface area contributed by atoms with E-state index in [1.165, 1.54) is 0 Å². The van der Waals surface area contributed by atoms with Crippen LogP contribution in [-0.2, 0) is 4.79 Å². The number of β-amino-alcohol motifs (C(OH)–C–C–N with tert-alkyl or cyclic N) is 1. The molecule has 1 saturated heterocycles. The second kappa shape index (κ2) is 7.37. The van der Waals surface area contributed by atoms with Crippen molar-refractivity contribution in [1.82, 2.24) is 19.6 Å². The van der Waals surface area contributed by atoms with Crippen LogP contribution in [0.25, 0.3) is 0 Å². The lowest BCUT2D eigenvalue weighted by atomic mass is 10.0. The molecule has 0 bridgehead atoms. The Bertz CT molecular complexity index is 671. The summed E-state index contributed by atoms with van der Waals surface area (Å²) in [5, 5.41) is 14.3. The SMILES string of the molecule is CC(C)(O)CN1CCN(C(=O)C(c2ccccc2)n2cccn2)CC1. The van der Waals surface area contributed by atoms with Crippen LogP contribution in [0.5, 0.6) is 0 Å². The molecule has 1 aliphatic rings. The van der Waals surface area contributed by atoms with Crippen molar-refractivity contribution in [2.24, 2.45) is 0 Å². The molecular weight excluding hydrogens is 316 g/mol. The summed E-state index contributed by atoms with van der Waals surface area (Å²) in [5.74, 6) is 0.0674. The predicted molar refractivity (Wildman–Crippen MR) is 96.1 cm³/mol. The van der Waals surface area contributed by atoms with Crippen molar-refractivity contribution in [3.8, 4) is 0 Å². The molecule has 1 unspecified atom stereocenters. The topological polar surface area (TPSA) is 61.6 Å². The highest BCUT2D eigenvalue weighted by Gasteiger charge is 2.31. The first kappa shape index (κ1) is 17.6. The number of piperazine rings is 1. The zero-order chi connectivity index (χ0) is 17.9. The molecule has 0 radical (unpaired) electrons. The van der Waals surface area contributed by atoms with Crippen molar-refractivity contribution in [2.75, 3.05) is 32.7 Å². The number of amides is 1. The average Bonchev–Trinajstić information content (AvgIpc) is 3.09. The quantitative estimate of drug-likeness (QED) is 0.892. The van der Waals surface area contributed by atoms with Crippen LogP contribution < -0.4 is 0 Å². The lowest BCUT2D eigenvalue weighted by Gasteiger charge is -2.38. The number of aliphatic hydroxyl groups is 1. The number of carbonyl (C=O) groups excluding carboxylic acids is 1. The predicted octanol–water partition coefficient (Wildman–Crippen LogP) is 1.39. The zero-order valence-corrected chi connectivity index (χ0v) is 14.9. The summed E-state index contributed by atoms with van der Waals surface area (Å²) < 4.78 is 1.72. The van der Waals surface area contributed by atoms with Gasteiger partial charge < -0.3 is 10.0 Å². The lowest BCUT2D eigenvalue weighted by Crippen LogP contribution is -2.53. The van der Waals surface area contributed by atoms with E-state index in [4.69, 9.17) is 0 Å². The third-order valence-corrected chi connectivity index (χ3v) is 4.43. The minimum Gasteiger partial charge on any atom is -0.389 e. The molecule has 1 aliphatic heterocycles. The molecule has 134 valence electrons. The Morgan fingerprint density at radius 1 is 1.16 bits per heavy atom. The van der Waals surface area contributed by atoms with E-state index in [0.717, 1.165) is 18.7 Å². The van der Waals surface area contributed by atoms with E-state index in [1.54, 1.807) is 10.9 Å². The minimum absolute atomic E-state index is 0.0674. The summed E-state index contributed by atoms with van der Waals surface area (Å²) in [7, 11) is 0. The Labute approximate surface area is 148 Å². The van der Waals surface area contributed by atoms with E-state index < -0.39 is 11.6 Å². The van der Waals surface area contributed by atoms with Crippen LogP contribution in [0.4, 0.5) is 0 Å². The minimum atomic E-state index is -0.714. The van der Waals surface area contributed by atoms with Gasteiger partial charge in [-0.15, -0.1) is 0 Å². The van der Waals surface area contributed by atoms with Gasteiger partial charge in [-0.05, 0) is 25.5 Å². The normalized spacial score (nSPS) is 17.5. The van der Waals surface area contributed by atoms with Gasteiger partial charge in [-0.3, -0.25) is 14.4 Å². The van der Waals surface area contributed by atoms with E-state index in [2.05, 4.69) is 10.00 Å². The van der Waals surface area contributed by atoms with E-state index in [1.807, 2.05) is 61.3 Å². The number of rotatable bonds is 5. The largest absolute Gasteiger partial charge is 0.389 e. The van der Waals surface area contributed by atoms with Gasteiger partial charge in [-0.2, -0.15) is 5.10 Å². The molecular formula is C19H26N4O2. The number of nitrogens with zero attached hydrogens (tertiary/aromatic N) is 4. The number of hydrogen-bond donors (Lipinski definition) is 1. The molecule has 3 rings (SSSR count). The van der Waals surface area contributed by atoms with Crippen LogP contribution in [0.2, 0.25) is 0 Å². The van der Waals surface area contributed by atoms with Gasteiger partial charge in [-0.1, -0.05) is 30.3 Å². The van der Waals surface area contributed by atoms with E-state index >= 15 is 0 Å². The van der Waals surface area contributed by atoms with Crippen LogP contribution in [0.15, 0.2) is 48.8 Å². The van der Waals surface area contributed by atoms with Crippen molar-refractivity contribution in [1.29, 1.82) is 0 Å². The molecule has 1 fully saturated rings. The van der Waals surface area contributed by atoms with Gasteiger partial charge in [0.1, 0.15) is 0 Å². The van der Waals surface area contributed by atoms with Crippen molar-refractivity contribution >= 4 is 5.91 Å². The van der Waals surface area contributed by atoms with Gasteiger partial charge in [0.05, 0.1) is 5.60 Å². The van der Waals surface area contributed by atoms with Crippen LogP contribution in [0.1, 0.15) is 25.5 Å². The maximum Gasteiger partial charge on any atom is 0.252 e. The molecule has 1 atom stereocenters. The van der Waals surface area contributed by atoms with Gasteiger partial charge in [0, 0.05) is 45.1 Å². The van der Waals surface area contributed by atoms with Crippen molar-refractivity contribution < 1.29 is 9.90 Å². The molecule has 1 amide bonds. The standard InChI is InChI=1S/C19H26N4O2/c1-19(2,25)15-21-11-13-22(14-12-21)18(24)17(23-10-6-9-20-23)16-7-4-3-5-8-16/h3-10,17,25H,11-15H2,1-2H3. The molecule has 1 N–H and O–H groups in total. The molecule has 6 nitrogen and oxygen atoms in total. The summed E-state index contributed by atoms with van der Waals surface area (Å²) in [5.41, 5.74) is 0.225. The van der Waals surface area contributed by atoms with E-state index in [9.17, 15) is 9.90 Å². The van der Waals surface area contributed by atoms with Gasteiger partial charge in [0.15, 0.2) is 6.04 Å². The molecule has 0 aliphatic carbocycles. The summed E-state index contributed by atoms with van der Waals surface area (Å²) in [6.45, 7) is 7.13. The van der Waals surface area contributed by atoms with Crippen LogP contribution in [0.3, 0.4) is 0 Å². The molecule has 0 saturated carbocycles. The first-order chi connectivity index (χ1) is 11.9. The Hall–Kier alpha value is -2.18. The third kappa shape index (κ3) is 4.46. The maximum absolute atomic E-state index is 13.2. The van der Waals surface area contributed by atoms with Crippen LogP contribution in [0, 0.1) is 0 Å². The Morgan fingerprint density at radius 3 is 2.40 bits per heavy atom. The fourth-order valence-corrected chi connectivity index (χ4v) is 3.32. The van der Waals surface area contributed by atoms with Crippen LogP contribution in [-0.4, -0.2) is 68.9 Å². The van der Waals surface area contributed by atoms with E-state index in [0.29, 0.717) is 19.6 Å². The fourth-order valence-electron chi connectivity index (χ4n) is 3.32. The lowest BCUT2D eigenvalue weighted by molar-refractivity contribution is -0.135. The first-order valence-corrected chi connectivity index (χ1v) is 8.72. The highest BCUT2D eigenvalue weighted by atomic mass is 16.3. The molecule has 2 aromatic rings. The highest BCUT2D eigenvalue weighted by Crippen LogP contribution is 2.21. The summed E-state index contributed by atoms with van der Waals surface area (Å²) in [4.78, 5) is 17.3. The molecule has 2 heterocycles. The van der Waals surface area contributed by atoms with Crippen molar-refractivity contribution in [3.63, 3.8) is 0 Å². The zero-order valence-electron chi connectivity index (χ0n) is 14.9. The van der Waals surface area contributed by atoms with Crippen LogP contribution >= 0.6 is 0 Å². The fraction of sp³-hybridized carbons (Fsp3) is 0.474. The molecule has 1 aromatic carbocycles. The van der Waals surface area contributed by atoms with Crippen molar-refractivity contribution in [2.45, 2.75) is 25.5 Å². The van der Waals surface area contributed by atoms with Gasteiger partial charge in [0.2, 0.25) is 0 Å². The maximum atomic E-state index is 13.2. The Morgan fingerprint density at radius 2 is 1.84 bits per heavy atom. The third-order valence-electron chi connectivity index (χ3n) is 4.43. The summed E-state index contributed by atoms with van der Waals surface area (Å²) >= 11 is 0. The number of benzene rings is 1. The van der Waals surface area contributed by atoms with E-state index in [-0.39, 0.29) is 5.91 Å². The van der Waals surface area contributed by atoms with Gasteiger partial charge in [0.25, 0.3) is 5.91 Å². The summed E-state index contributed by atoms with van der Waals surface area (Å²) in [6.07, 6.45) is 3.53. The first-order valence-electron chi connectivity index (χ1n) is 8.72. The van der Waals surface area contributed by atoms with Crippen molar-refractivity contribution in [3.05, 3.63) is 54.4 Å². The smallest absolute Gasteiger partial charge is 0.252 e. The Kier molecular flexibility index (Phi) is 5.20. The monoisotopic (exact) mass is 342 g/mol. The number of hydrogen-bond acceptors (Lipinski definition) is 4. The van der Waals surface area contributed by atoms with Gasteiger partial charge >= 0.3 is 0 Å². The second-order valence-corrected chi connectivity index (χ2v) is 7.21. The van der Waals surface area contributed by atoms with Gasteiger partial charge in [-0.25, -0.2) is 0 Å². The average molecular weight is 342 g/mol. The Balaban J connectivity index is 1.72.